The molecular weight excluding hydrogens is 274 g/mol. The van der Waals surface area contributed by atoms with Crippen LogP contribution < -0.4 is 0 Å². The minimum absolute atomic E-state index is 0.0203. The number of hydrogen-bond donors (Lipinski definition) is 1. The quantitative estimate of drug-likeness (QED) is 0.873. The number of carbonyl (C=O) groups is 2. The highest BCUT2D eigenvalue weighted by Crippen LogP contribution is 2.12. The van der Waals surface area contributed by atoms with Gasteiger partial charge >= 0.3 is 5.97 Å². The Morgan fingerprint density at radius 3 is 2.81 bits per heavy atom. The molecule has 0 spiro atoms. The lowest BCUT2D eigenvalue weighted by Gasteiger charge is -2.34. The maximum absolute atomic E-state index is 12.3. The molecule has 1 heterocycles. The molecule has 114 valence electrons. The fourth-order valence-corrected chi connectivity index (χ4v) is 2.17. The van der Waals surface area contributed by atoms with Crippen molar-refractivity contribution >= 4 is 11.9 Å². The molecule has 6 heteroatoms. The standard InChI is InChI=1S/C15H19NO5/c1-11(21-9-12-5-3-2-4-6-12)14(17)16-7-8-20-10-13(16)15(18)19/h2-6,11,13H,7-10H2,1H3,(H,18,19). The third-order valence-corrected chi connectivity index (χ3v) is 3.39. The van der Waals surface area contributed by atoms with E-state index >= 15 is 0 Å². The average molecular weight is 293 g/mol. The summed E-state index contributed by atoms with van der Waals surface area (Å²) in [6.45, 7) is 2.59. The van der Waals surface area contributed by atoms with Gasteiger partial charge in [-0.25, -0.2) is 4.79 Å². The zero-order valence-electron chi connectivity index (χ0n) is 11.9. The summed E-state index contributed by atoms with van der Waals surface area (Å²) in [5.74, 6) is -1.38. The van der Waals surface area contributed by atoms with E-state index in [4.69, 9.17) is 14.6 Å². The van der Waals surface area contributed by atoms with Gasteiger partial charge in [-0.1, -0.05) is 30.3 Å². The van der Waals surface area contributed by atoms with Gasteiger partial charge in [-0.2, -0.15) is 0 Å². The van der Waals surface area contributed by atoms with Gasteiger partial charge in [-0.15, -0.1) is 0 Å². The average Bonchev–Trinajstić information content (AvgIpc) is 2.52. The number of amides is 1. The van der Waals surface area contributed by atoms with Crippen LogP contribution in [0.1, 0.15) is 12.5 Å². The molecule has 6 nitrogen and oxygen atoms in total. The topological polar surface area (TPSA) is 76.1 Å². The summed E-state index contributed by atoms with van der Waals surface area (Å²) < 4.78 is 10.7. The van der Waals surface area contributed by atoms with Crippen molar-refractivity contribution in [1.29, 1.82) is 0 Å². The van der Waals surface area contributed by atoms with Gasteiger partial charge in [0.15, 0.2) is 6.04 Å². The first-order chi connectivity index (χ1) is 10.1. The van der Waals surface area contributed by atoms with Crippen LogP contribution in [0.4, 0.5) is 0 Å². The summed E-state index contributed by atoms with van der Waals surface area (Å²) in [7, 11) is 0. The molecule has 0 bridgehead atoms. The molecular formula is C15H19NO5. The van der Waals surface area contributed by atoms with Crippen molar-refractivity contribution in [3.63, 3.8) is 0 Å². The zero-order chi connectivity index (χ0) is 15.2. The molecule has 0 saturated carbocycles. The lowest BCUT2D eigenvalue weighted by molar-refractivity contribution is -0.164. The Bertz CT molecular complexity index is 490. The van der Waals surface area contributed by atoms with Gasteiger partial charge in [-0.05, 0) is 12.5 Å². The van der Waals surface area contributed by atoms with E-state index in [9.17, 15) is 9.59 Å². The highest BCUT2D eigenvalue weighted by atomic mass is 16.5. The summed E-state index contributed by atoms with van der Waals surface area (Å²) in [6, 6.07) is 8.58. The number of nitrogens with zero attached hydrogens (tertiary/aromatic N) is 1. The molecule has 1 saturated heterocycles. The Hall–Kier alpha value is -1.92. The van der Waals surface area contributed by atoms with Crippen molar-refractivity contribution in [2.75, 3.05) is 19.8 Å². The number of rotatable bonds is 5. The van der Waals surface area contributed by atoms with Crippen LogP contribution in [-0.2, 0) is 25.7 Å². The summed E-state index contributed by atoms with van der Waals surface area (Å²) in [6.07, 6.45) is -0.690. The molecule has 1 aliphatic rings. The van der Waals surface area contributed by atoms with Gasteiger partial charge < -0.3 is 19.5 Å². The lowest BCUT2D eigenvalue weighted by atomic mass is 10.2. The summed E-state index contributed by atoms with van der Waals surface area (Å²) in [5, 5.41) is 9.13. The number of benzene rings is 1. The number of hydrogen-bond acceptors (Lipinski definition) is 4. The Morgan fingerprint density at radius 2 is 2.14 bits per heavy atom. The van der Waals surface area contributed by atoms with E-state index in [-0.39, 0.29) is 19.1 Å². The number of carboxylic acid groups (broad SMARTS) is 1. The second-order valence-corrected chi connectivity index (χ2v) is 4.90. The van der Waals surface area contributed by atoms with E-state index in [0.29, 0.717) is 13.2 Å². The second kappa shape index (κ2) is 7.19. The molecule has 1 aliphatic heterocycles. The van der Waals surface area contributed by atoms with E-state index < -0.39 is 18.1 Å². The lowest BCUT2D eigenvalue weighted by Crippen LogP contribution is -2.55. The second-order valence-electron chi connectivity index (χ2n) is 4.90. The fourth-order valence-electron chi connectivity index (χ4n) is 2.17. The predicted molar refractivity (Wildman–Crippen MR) is 74.6 cm³/mol. The first-order valence-corrected chi connectivity index (χ1v) is 6.86. The van der Waals surface area contributed by atoms with Crippen molar-refractivity contribution in [3.8, 4) is 0 Å². The van der Waals surface area contributed by atoms with Crippen LogP contribution in [-0.4, -0.2) is 53.8 Å². The molecule has 2 rings (SSSR count). The maximum atomic E-state index is 12.3. The molecule has 21 heavy (non-hydrogen) atoms. The maximum Gasteiger partial charge on any atom is 0.328 e. The fraction of sp³-hybridized carbons (Fsp3) is 0.467. The van der Waals surface area contributed by atoms with Crippen molar-refractivity contribution in [2.45, 2.75) is 25.7 Å². The van der Waals surface area contributed by atoms with Gasteiger partial charge in [0.25, 0.3) is 5.91 Å². The molecule has 0 aromatic heterocycles. The van der Waals surface area contributed by atoms with Gasteiger partial charge in [0.1, 0.15) is 6.10 Å². The van der Waals surface area contributed by atoms with Gasteiger partial charge in [0.2, 0.25) is 0 Å². The van der Waals surface area contributed by atoms with Crippen molar-refractivity contribution in [2.24, 2.45) is 0 Å². The molecule has 0 aliphatic carbocycles. The van der Waals surface area contributed by atoms with E-state index in [2.05, 4.69) is 0 Å². The molecule has 0 radical (unpaired) electrons. The highest BCUT2D eigenvalue weighted by molar-refractivity contribution is 5.86. The van der Waals surface area contributed by atoms with Gasteiger partial charge in [0, 0.05) is 6.54 Å². The predicted octanol–water partition coefficient (Wildman–Crippen LogP) is 0.904. The molecule has 1 aromatic carbocycles. The molecule has 1 fully saturated rings. The summed E-state index contributed by atoms with van der Waals surface area (Å²) in [5.41, 5.74) is 0.967. The monoisotopic (exact) mass is 293 g/mol. The van der Waals surface area contributed by atoms with E-state index in [1.54, 1.807) is 6.92 Å². The van der Waals surface area contributed by atoms with Gasteiger partial charge in [0.05, 0.1) is 19.8 Å². The Labute approximate surface area is 123 Å². The Balaban J connectivity index is 1.93. The van der Waals surface area contributed by atoms with E-state index in [1.165, 1.54) is 4.90 Å². The molecule has 1 N–H and O–H groups in total. The normalized spacial score (nSPS) is 20.0. The first kappa shape index (κ1) is 15.5. The van der Waals surface area contributed by atoms with E-state index in [1.807, 2.05) is 30.3 Å². The molecule has 2 atom stereocenters. The minimum Gasteiger partial charge on any atom is -0.480 e. The van der Waals surface area contributed by atoms with Crippen LogP contribution >= 0.6 is 0 Å². The Kier molecular flexibility index (Phi) is 5.30. The summed E-state index contributed by atoms with van der Waals surface area (Å²) in [4.78, 5) is 24.8. The first-order valence-electron chi connectivity index (χ1n) is 6.86. The van der Waals surface area contributed by atoms with Crippen molar-refractivity contribution in [3.05, 3.63) is 35.9 Å². The number of carboxylic acids is 1. The van der Waals surface area contributed by atoms with Crippen LogP contribution in [0.2, 0.25) is 0 Å². The number of aliphatic carboxylic acids is 1. The van der Waals surface area contributed by atoms with Crippen LogP contribution in [0, 0.1) is 0 Å². The summed E-state index contributed by atoms with van der Waals surface area (Å²) >= 11 is 0. The minimum atomic E-state index is -1.06. The van der Waals surface area contributed by atoms with Crippen LogP contribution in [0.15, 0.2) is 30.3 Å². The molecule has 2 unspecified atom stereocenters. The Morgan fingerprint density at radius 1 is 1.43 bits per heavy atom. The van der Waals surface area contributed by atoms with Crippen molar-refractivity contribution in [1.82, 2.24) is 4.90 Å². The molecule has 1 amide bonds. The number of morpholine rings is 1. The van der Waals surface area contributed by atoms with Crippen molar-refractivity contribution < 1.29 is 24.2 Å². The smallest absolute Gasteiger partial charge is 0.328 e. The van der Waals surface area contributed by atoms with E-state index in [0.717, 1.165) is 5.56 Å². The van der Waals surface area contributed by atoms with Gasteiger partial charge in [-0.3, -0.25) is 4.79 Å². The largest absolute Gasteiger partial charge is 0.480 e. The zero-order valence-corrected chi connectivity index (χ0v) is 11.9. The highest BCUT2D eigenvalue weighted by Gasteiger charge is 2.35. The SMILES string of the molecule is CC(OCc1ccccc1)C(=O)N1CCOCC1C(=O)O. The van der Waals surface area contributed by atoms with Crippen LogP contribution in [0.25, 0.3) is 0 Å². The number of ether oxygens (including phenoxy) is 2. The third-order valence-electron chi connectivity index (χ3n) is 3.39. The third kappa shape index (κ3) is 4.03. The van der Waals surface area contributed by atoms with Crippen LogP contribution in [0.3, 0.4) is 0 Å². The number of carbonyl (C=O) groups excluding carboxylic acids is 1. The van der Waals surface area contributed by atoms with Crippen LogP contribution in [0.5, 0.6) is 0 Å². The molecule has 1 aromatic rings.